The Labute approximate surface area is 122 Å². The number of hydrogen-bond acceptors (Lipinski definition) is 2. The molecule has 5 heteroatoms. The molecule has 0 bridgehead atoms. The Balaban J connectivity index is 1.74. The third kappa shape index (κ3) is 3.24. The number of rotatable bonds is 1. The van der Waals surface area contributed by atoms with Crippen molar-refractivity contribution in [3.8, 4) is 0 Å². The van der Waals surface area contributed by atoms with Gasteiger partial charge in [0, 0.05) is 13.1 Å². The molecule has 1 aromatic carbocycles. The van der Waals surface area contributed by atoms with Crippen LogP contribution in [0.1, 0.15) is 49.3 Å². The standard InChI is InChI=1S/C16H20F3NO/c17-16(18,19)13-6-4-12(5-7-13)14-10-20-11-15(21-14)8-2-1-3-9-15/h4-7,14,20H,1-3,8-11H2. The van der Waals surface area contributed by atoms with Gasteiger partial charge in [0.25, 0.3) is 0 Å². The summed E-state index contributed by atoms with van der Waals surface area (Å²) in [5, 5.41) is 3.39. The molecule has 1 saturated heterocycles. The molecule has 2 aliphatic rings. The molecule has 1 saturated carbocycles. The van der Waals surface area contributed by atoms with E-state index in [9.17, 15) is 13.2 Å². The molecule has 1 unspecified atom stereocenters. The van der Waals surface area contributed by atoms with Crippen LogP contribution in [0.5, 0.6) is 0 Å². The highest BCUT2D eigenvalue weighted by Gasteiger charge is 2.39. The Bertz CT molecular complexity index is 472. The maximum absolute atomic E-state index is 12.6. The second-order valence-electron chi connectivity index (χ2n) is 6.10. The first-order valence-electron chi connectivity index (χ1n) is 7.54. The van der Waals surface area contributed by atoms with E-state index in [0.717, 1.165) is 37.1 Å². The average molecular weight is 299 g/mol. The molecule has 1 heterocycles. The van der Waals surface area contributed by atoms with Crippen molar-refractivity contribution in [2.24, 2.45) is 0 Å². The first kappa shape index (κ1) is 14.9. The summed E-state index contributed by atoms with van der Waals surface area (Å²) in [6.45, 7) is 1.51. The van der Waals surface area contributed by atoms with Crippen LogP contribution < -0.4 is 5.32 Å². The molecule has 0 aromatic heterocycles. The molecular formula is C16H20F3NO. The maximum atomic E-state index is 12.6. The van der Waals surface area contributed by atoms with Gasteiger partial charge in [-0.2, -0.15) is 13.2 Å². The second kappa shape index (κ2) is 5.61. The van der Waals surface area contributed by atoms with Crippen molar-refractivity contribution in [1.82, 2.24) is 5.32 Å². The maximum Gasteiger partial charge on any atom is 0.416 e. The van der Waals surface area contributed by atoms with E-state index in [0.29, 0.717) is 6.54 Å². The van der Waals surface area contributed by atoms with Crippen molar-refractivity contribution in [2.45, 2.75) is 50.0 Å². The van der Waals surface area contributed by atoms with Crippen molar-refractivity contribution >= 4 is 0 Å². The average Bonchev–Trinajstić information content (AvgIpc) is 2.47. The zero-order valence-corrected chi connectivity index (χ0v) is 11.9. The van der Waals surface area contributed by atoms with E-state index in [-0.39, 0.29) is 11.7 Å². The van der Waals surface area contributed by atoms with Gasteiger partial charge in [-0.15, -0.1) is 0 Å². The van der Waals surface area contributed by atoms with E-state index < -0.39 is 11.7 Å². The SMILES string of the molecule is FC(F)(F)c1ccc(C2CNCC3(CCCCC3)O2)cc1. The summed E-state index contributed by atoms with van der Waals surface area (Å²) in [5.41, 5.74) is 0.0895. The van der Waals surface area contributed by atoms with Crippen LogP contribution in [0.3, 0.4) is 0 Å². The zero-order chi connectivity index (χ0) is 14.9. The molecule has 1 aromatic rings. The summed E-state index contributed by atoms with van der Waals surface area (Å²) in [4.78, 5) is 0. The van der Waals surface area contributed by atoms with Crippen LogP contribution in [-0.4, -0.2) is 18.7 Å². The normalized spacial score (nSPS) is 26.0. The predicted molar refractivity (Wildman–Crippen MR) is 74.0 cm³/mol. The van der Waals surface area contributed by atoms with E-state index in [4.69, 9.17) is 4.74 Å². The Hall–Kier alpha value is -1.07. The summed E-state index contributed by atoms with van der Waals surface area (Å²) in [6.07, 6.45) is 1.22. The van der Waals surface area contributed by atoms with Crippen molar-refractivity contribution < 1.29 is 17.9 Å². The number of alkyl halides is 3. The second-order valence-corrected chi connectivity index (χ2v) is 6.10. The Morgan fingerprint density at radius 2 is 1.71 bits per heavy atom. The van der Waals surface area contributed by atoms with Gasteiger partial charge in [-0.05, 0) is 30.5 Å². The lowest BCUT2D eigenvalue weighted by molar-refractivity contribution is -0.139. The molecule has 1 aliphatic carbocycles. The van der Waals surface area contributed by atoms with Crippen molar-refractivity contribution in [1.29, 1.82) is 0 Å². The molecule has 116 valence electrons. The fourth-order valence-corrected chi connectivity index (χ4v) is 3.38. The lowest BCUT2D eigenvalue weighted by atomic mass is 9.83. The van der Waals surface area contributed by atoms with Crippen LogP contribution in [-0.2, 0) is 10.9 Å². The van der Waals surface area contributed by atoms with Crippen LogP contribution in [0.2, 0.25) is 0 Å². The smallest absolute Gasteiger partial charge is 0.364 e. The molecule has 0 amide bonds. The number of nitrogens with one attached hydrogen (secondary N) is 1. The van der Waals surface area contributed by atoms with Crippen LogP contribution >= 0.6 is 0 Å². The highest BCUT2D eigenvalue weighted by molar-refractivity contribution is 5.26. The van der Waals surface area contributed by atoms with Crippen LogP contribution in [0, 0.1) is 0 Å². The summed E-state index contributed by atoms with van der Waals surface area (Å²) in [5.74, 6) is 0. The monoisotopic (exact) mass is 299 g/mol. The van der Waals surface area contributed by atoms with Crippen LogP contribution in [0.15, 0.2) is 24.3 Å². The van der Waals surface area contributed by atoms with Gasteiger partial charge in [-0.3, -0.25) is 0 Å². The number of ether oxygens (including phenoxy) is 1. The van der Waals surface area contributed by atoms with Gasteiger partial charge in [0.1, 0.15) is 0 Å². The number of hydrogen-bond donors (Lipinski definition) is 1. The van der Waals surface area contributed by atoms with E-state index in [1.165, 1.54) is 31.4 Å². The molecule has 1 spiro atoms. The van der Waals surface area contributed by atoms with Gasteiger partial charge in [0.15, 0.2) is 0 Å². The summed E-state index contributed by atoms with van der Waals surface area (Å²) in [7, 11) is 0. The molecule has 21 heavy (non-hydrogen) atoms. The van der Waals surface area contributed by atoms with Gasteiger partial charge >= 0.3 is 6.18 Å². The summed E-state index contributed by atoms with van der Waals surface area (Å²) in [6, 6.07) is 5.36. The number of halogens is 3. The van der Waals surface area contributed by atoms with E-state index in [1.54, 1.807) is 0 Å². The third-order valence-electron chi connectivity index (χ3n) is 4.54. The lowest BCUT2D eigenvalue weighted by Gasteiger charge is -2.44. The predicted octanol–water partition coefficient (Wildman–Crippen LogP) is 4.07. The Morgan fingerprint density at radius 1 is 1.05 bits per heavy atom. The van der Waals surface area contributed by atoms with E-state index in [2.05, 4.69) is 5.32 Å². The van der Waals surface area contributed by atoms with Crippen molar-refractivity contribution in [3.63, 3.8) is 0 Å². The summed E-state index contributed by atoms with van der Waals surface area (Å²) < 4.78 is 44.1. The van der Waals surface area contributed by atoms with Gasteiger partial charge in [0.2, 0.25) is 0 Å². The third-order valence-corrected chi connectivity index (χ3v) is 4.54. The van der Waals surface area contributed by atoms with Gasteiger partial charge in [0.05, 0.1) is 17.3 Å². The van der Waals surface area contributed by atoms with E-state index >= 15 is 0 Å². The van der Waals surface area contributed by atoms with Gasteiger partial charge in [-0.1, -0.05) is 31.4 Å². The molecule has 3 rings (SSSR count). The Morgan fingerprint density at radius 3 is 2.33 bits per heavy atom. The minimum absolute atomic E-state index is 0.121. The van der Waals surface area contributed by atoms with Crippen LogP contribution in [0.4, 0.5) is 13.2 Å². The highest BCUT2D eigenvalue weighted by atomic mass is 19.4. The number of benzene rings is 1. The topological polar surface area (TPSA) is 21.3 Å². The Kier molecular flexibility index (Phi) is 3.97. The molecule has 1 N–H and O–H groups in total. The van der Waals surface area contributed by atoms with Crippen LogP contribution in [0.25, 0.3) is 0 Å². The van der Waals surface area contributed by atoms with Gasteiger partial charge in [-0.25, -0.2) is 0 Å². The fourth-order valence-electron chi connectivity index (χ4n) is 3.38. The summed E-state index contributed by atoms with van der Waals surface area (Å²) >= 11 is 0. The van der Waals surface area contributed by atoms with Crippen molar-refractivity contribution in [2.75, 3.05) is 13.1 Å². The zero-order valence-electron chi connectivity index (χ0n) is 11.9. The lowest BCUT2D eigenvalue weighted by Crippen LogP contribution is -2.51. The van der Waals surface area contributed by atoms with E-state index in [1.807, 2.05) is 0 Å². The first-order chi connectivity index (χ1) is 9.99. The molecule has 0 radical (unpaired) electrons. The van der Waals surface area contributed by atoms with Gasteiger partial charge < -0.3 is 10.1 Å². The van der Waals surface area contributed by atoms with Crippen molar-refractivity contribution in [3.05, 3.63) is 35.4 Å². The largest absolute Gasteiger partial charge is 0.416 e. The first-order valence-corrected chi connectivity index (χ1v) is 7.54. The molecule has 1 aliphatic heterocycles. The molecule has 1 atom stereocenters. The minimum atomic E-state index is -4.28. The minimum Gasteiger partial charge on any atom is -0.364 e. The molecular weight excluding hydrogens is 279 g/mol. The fraction of sp³-hybridized carbons (Fsp3) is 0.625. The highest BCUT2D eigenvalue weighted by Crippen LogP contribution is 2.38. The quantitative estimate of drug-likeness (QED) is 0.844. The number of morpholine rings is 1. The molecule has 2 nitrogen and oxygen atoms in total. The molecule has 2 fully saturated rings.